The van der Waals surface area contributed by atoms with Crippen molar-refractivity contribution in [2.45, 2.75) is 38.8 Å². The molecule has 0 atom stereocenters. The molecule has 1 saturated carbocycles. The van der Waals surface area contributed by atoms with Crippen LogP contribution in [0.5, 0.6) is 0 Å². The molecule has 0 unspecified atom stereocenters. The summed E-state index contributed by atoms with van der Waals surface area (Å²) in [6.45, 7) is 2.98. The van der Waals surface area contributed by atoms with Gasteiger partial charge in [-0.25, -0.2) is 4.98 Å². The van der Waals surface area contributed by atoms with Crippen LogP contribution in [-0.2, 0) is 20.1 Å². The van der Waals surface area contributed by atoms with Crippen LogP contribution in [0.25, 0.3) is 0 Å². The second-order valence-corrected chi connectivity index (χ2v) is 7.82. The lowest BCUT2D eigenvalue weighted by atomic mass is 10.2. The van der Waals surface area contributed by atoms with Crippen molar-refractivity contribution in [2.75, 3.05) is 5.32 Å². The van der Waals surface area contributed by atoms with Crippen LogP contribution in [0.3, 0.4) is 0 Å². The molecule has 1 aliphatic heterocycles. The third-order valence-corrected chi connectivity index (χ3v) is 5.87. The predicted molar refractivity (Wildman–Crippen MR) is 106 cm³/mol. The number of pyridine rings is 1. The van der Waals surface area contributed by atoms with Crippen molar-refractivity contribution < 1.29 is 9.59 Å². The molecule has 5 rings (SSSR count). The van der Waals surface area contributed by atoms with Gasteiger partial charge < -0.3 is 14.8 Å². The van der Waals surface area contributed by atoms with Gasteiger partial charge in [0, 0.05) is 42.3 Å². The van der Waals surface area contributed by atoms with Crippen LogP contribution in [0, 0.1) is 6.92 Å². The van der Waals surface area contributed by atoms with Gasteiger partial charge in [0.15, 0.2) is 0 Å². The van der Waals surface area contributed by atoms with E-state index in [-0.39, 0.29) is 11.8 Å². The SMILES string of the molecule is Cc1c(C(=O)Nc2cc(C(=O)N3Cc4cn[nH]c4C3)ccn2)cc(C2CC2)n1C. The number of carbonyl (C=O) groups excluding carboxylic acids is 2. The van der Waals surface area contributed by atoms with Gasteiger partial charge in [-0.15, -0.1) is 0 Å². The number of aromatic nitrogens is 4. The fourth-order valence-corrected chi connectivity index (χ4v) is 3.93. The van der Waals surface area contributed by atoms with Crippen LogP contribution in [0.15, 0.2) is 30.6 Å². The Kier molecular flexibility index (Phi) is 4.01. The van der Waals surface area contributed by atoms with Crippen LogP contribution in [0.2, 0.25) is 0 Å². The zero-order valence-electron chi connectivity index (χ0n) is 16.4. The second kappa shape index (κ2) is 6.58. The number of nitrogens with zero attached hydrogens (tertiary/aromatic N) is 4. The van der Waals surface area contributed by atoms with Crippen molar-refractivity contribution in [3.63, 3.8) is 0 Å². The predicted octanol–water partition coefficient (Wildman–Crippen LogP) is 2.74. The minimum Gasteiger partial charge on any atom is -0.351 e. The number of nitrogens with one attached hydrogen (secondary N) is 2. The number of amides is 2. The largest absolute Gasteiger partial charge is 0.351 e. The maximum atomic E-state index is 12.9. The fourth-order valence-electron chi connectivity index (χ4n) is 3.93. The van der Waals surface area contributed by atoms with Gasteiger partial charge in [-0.1, -0.05) is 0 Å². The van der Waals surface area contributed by atoms with E-state index in [9.17, 15) is 9.59 Å². The van der Waals surface area contributed by atoms with Gasteiger partial charge in [0.1, 0.15) is 5.82 Å². The number of anilines is 1. The Morgan fingerprint density at radius 1 is 1.24 bits per heavy atom. The molecule has 8 heteroatoms. The summed E-state index contributed by atoms with van der Waals surface area (Å²) in [6, 6.07) is 5.27. The summed E-state index contributed by atoms with van der Waals surface area (Å²) in [4.78, 5) is 31.6. The monoisotopic (exact) mass is 390 g/mol. The highest BCUT2D eigenvalue weighted by Gasteiger charge is 2.29. The van der Waals surface area contributed by atoms with E-state index in [4.69, 9.17) is 0 Å². The zero-order valence-corrected chi connectivity index (χ0v) is 16.4. The van der Waals surface area contributed by atoms with Crippen LogP contribution in [-0.4, -0.2) is 36.5 Å². The van der Waals surface area contributed by atoms with Crippen LogP contribution in [0.1, 0.15) is 62.1 Å². The molecule has 1 fully saturated rings. The van der Waals surface area contributed by atoms with Gasteiger partial charge in [-0.3, -0.25) is 14.7 Å². The molecule has 4 heterocycles. The Bertz CT molecular complexity index is 1100. The van der Waals surface area contributed by atoms with Crippen LogP contribution in [0.4, 0.5) is 5.82 Å². The second-order valence-electron chi connectivity index (χ2n) is 7.82. The van der Waals surface area contributed by atoms with Crippen molar-refractivity contribution in [2.24, 2.45) is 7.05 Å². The van der Waals surface area contributed by atoms with E-state index < -0.39 is 0 Å². The average Bonchev–Trinajstić information content (AvgIpc) is 3.20. The van der Waals surface area contributed by atoms with Gasteiger partial charge in [-0.2, -0.15) is 5.10 Å². The summed E-state index contributed by atoms with van der Waals surface area (Å²) in [5, 5.41) is 9.76. The molecule has 0 radical (unpaired) electrons. The highest BCUT2D eigenvalue weighted by atomic mass is 16.2. The number of aromatic amines is 1. The Morgan fingerprint density at radius 3 is 2.83 bits per heavy atom. The lowest BCUT2D eigenvalue weighted by Gasteiger charge is -2.16. The van der Waals surface area contributed by atoms with Crippen molar-refractivity contribution in [1.29, 1.82) is 0 Å². The summed E-state index contributed by atoms with van der Waals surface area (Å²) >= 11 is 0. The summed E-state index contributed by atoms with van der Waals surface area (Å²) < 4.78 is 2.09. The molecule has 148 valence electrons. The molecule has 2 N–H and O–H groups in total. The first kappa shape index (κ1) is 17.7. The fraction of sp³-hybridized carbons (Fsp3) is 0.333. The normalized spacial score (nSPS) is 15.4. The van der Waals surface area contributed by atoms with Gasteiger partial charge in [0.05, 0.1) is 24.0 Å². The smallest absolute Gasteiger partial charge is 0.258 e. The quantitative estimate of drug-likeness (QED) is 0.716. The molecule has 0 saturated heterocycles. The van der Waals surface area contributed by atoms with Crippen LogP contribution < -0.4 is 5.32 Å². The first-order valence-electron chi connectivity index (χ1n) is 9.75. The average molecular weight is 390 g/mol. The molecule has 1 aliphatic carbocycles. The van der Waals surface area contributed by atoms with Crippen molar-refractivity contribution in [3.05, 3.63) is 64.4 Å². The topological polar surface area (TPSA) is 95.9 Å². The van der Waals surface area contributed by atoms with Gasteiger partial charge in [-0.05, 0) is 43.9 Å². The Balaban J connectivity index is 1.32. The molecule has 0 aromatic carbocycles. The molecule has 3 aromatic rings. The Hall–Kier alpha value is -3.42. The van der Waals surface area contributed by atoms with E-state index in [1.54, 1.807) is 29.4 Å². The highest BCUT2D eigenvalue weighted by molar-refractivity contribution is 6.05. The molecule has 3 aromatic heterocycles. The molecule has 2 aliphatic rings. The number of rotatable bonds is 4. The minimum absolute atomic E-state index is 0.0978. The Morgan fingerprint density at radius 2 is 2.07 bits per heavy atom. The molecule has 2 amide bonds. The van der Waals surface area contributed by atoms with Crippen molar-refractivity contribution >= 4 is 17.6 Å². The number of hydrogen-bond acceptors (Lipinski definition) is 4. The molecule has 8 nitrogen and oxygen atoms in total. The maximum Gasteiger partial charge on any atom is 0.258 e. The third-order valence-electron chi connectivity index (χ3n) is 5.87. The number of fused-ring (bicyclic) bond motifs is 1. The van der Waals surface area contributed by atoms with E-state index in [2.05, 4.69) is 25.1 Å². The molecular weight excluding hydrogens is 368 g/mol. The van der Waals surface area contributed by atoms with Crippen molar-refractivity contribution in [1.82, 2.24) is 24.6 Å². The van der Waals surface area contributed by atoms with E-state index in [1.165, 1.54) is 18.5 Å². The van der Waals surface area contributed by atoms with Crippen LogP contribution >= 0.6 is 0 Å². The molecule has 0 spiro atoms. The summed E-state index contributed by atoms with van der Waals surface area (Å²) in [5.74, 6) is 0.634. The lowest BCUT2D eigenvalue weighted by Crippen LogP contribution is -2.26. The molecule has 0 bridgehead atoms. The summed E-state index contributed by atoms with van der Waals surface area (Å²) in [5.41, 5.74) is 5.29. The number of carbonyl (C=O) groups is 2. The van der Waals surface area contributed by atoms with Gasteiger partial charge in [0.2, 0.25) is 0 Å². The van der Waals surface area contributed by atoms with E-state index in [0.29, 0.717) is 36.0 Å². The first-order chi connectivity index (χ1) is 14.0. The van der Waals surface area contributed by atoms with E-state index >= 15 is 0 Å². The Labute approximate surface area is 167 Å². The molecular formula is C21H22N6O2. The minimum atomic E-state index is -0.204. The van der Waals surface area contributed by atoms with Gasteiger partial charge >= 0.3 is 0 Å². The highest BCUT2D eigenvalue weighted by Crippen LogP contribution is 2.41. The van der Waals surface area contributed by atoms with E-state index in [1.807, 2.05) is 20.0 Å². The lowest BCUT2D eigenvalue weighted by molar-refractivity contribution is 0.0749. The molecule has 29 heavy (non-hydrogen) atoms. The summed E-state index contributed by atoms with van der Waals surface area (Å²) in [6.07, 6.45) is 5.66. The third kappa shape index (κ3) is 3.10. The van der Waals surface area contributed by atoms with E-state index in [0.717, 1.165) is 17.0 Å². The number of H-pyrrole nitrogens is 1. The number of hydrogen-bond donors (Lipinski definition) is 2. The maximum absolute atomic E-state index is 12.9. The summed E-state index contributed by atoms with van der Waals surface area (Å²) in [7, 11) is 2.00. The first-order valence-corrected chi connectivity index (χ1v) is 9.75. The zero-order chi connectivity index (χ0) is 20.1. The standard InChI is InChI=1S/C21H22N6O2/c1-12-16(8-18(26(12)2)13-3-4-13)20(28)24-19-7-14(5-6-22-19)21(29)27-10-15-9-23-25-17(15)11-27/h5-9,13H,3-4,10-11H2,1-2H3,(H,23,25)(H,22,24,28). The van der Waals surface area contributed by atoms with Gasteiger partial charge in [0.25, 0.3) is 11.8 Å². The van der Waals surface area contributed by atoms with Crippen molar-refractivity contribution in [3.8, 4) is 0 Å².